The van der Waals surface area contributed by atoms with Gasteiger partial charge in [-0.2, -0.15) is 0 Å². The Morgan fingerprint density at radius 3 is 2.50 bits per heavy atom. The second-order valence-electron chi connectivity index (χ2n) is 3.62. The Hall–Kier alpha value is -1.83. The van der Waals surface area contributed by atoms with Crippen LogP contribution in [0.25, 0.3) is 0 Å². The third kappa shape index (κ3) is 3.39. The molecule has 1 aromatic carbocycles. The average Bonchev–Trinajstić information content (AvgIpc) is 2.31. The predicted octanol–water partition coefficient (Wildman–Crippen LogP) is 2.86. The van der Waals surface area contributed by atoms with E-state index in [0.717, 1.165) is 11.1 Å². The van der Waals surface area contributed by atoms with E-state index in [9.17, 15) is 4.79 Å². The van der Waals surface area contributed by atoms with Gasteiger partial charge in [-0.25, -0.2) is 0 Å². The molecule has 0 aliphatic rings. The summed E-state index contributed by atoms with van der Waals surface area (Å²) in [4.78, 5) is 11.7. The Bertz CT molecular complexity index is 401. The monoisotopic (exact) mass is 215 g/mol. The molecule has 0 unspecified atom stereocenters. The molecule has 0 aliphatic heterocycles. The molecule has 2 heteroatoms. The van der Waals surface area contributed by atoms with Crippen molar-refractivity contribution in [3.8, 4) is 0 Å². The van der Waals surface area contributed by atoms with E-state index in [1.807, 2.05) is 44.2 Å². The molecule has 0 aromatic heterocycles. The summed E-state index contributed by atoms with van der Waals surface area (Å²) in [6.45, 7) is 8.12. The van der Waals surface area contributed by atoms with E-state index in [0.29, 0.717) is 12.1 Å². The third-order valence-electron chi connectivity index (χ3n) is 2.40. The zero-order valence-corrected chi connectivity index (χ0v) is 9.79. The molecule has 0 aliphatic carbocycles. The second kappa shape index (κ2) is 5.91. The van der Waals surface area contributed by atoms with Gasteiger partial charge in [0.05, 0.1) is 0 Å². The van der Waals surface area contributed by atoms with Crippen LogP contribution in [0.1, 0.15) is 22.8 Å². The van der Waals surface area contributed by atoms with Crippen LogP contribution in [-0.2, 0) is 0 Å². The van der Waals surface area contributed by atoms with Crippen molar-refractivity contribution in [2.75, 3.05) is 6.54 Å². The third-order valence-corrected chi connectivity index (χ3v) is 2.40. The Balaban J connectivity index is 2.59. The molecule has 1 rings (SSSR count). The topological polar surface area (TPSA) is 29.1 Å². The molecular weight excluding hydrogens is 198 g/mol. The van der Waals surface area contributed by atoms with Crippen LogP contribution in [0.15, 0.2) is 48.6 Å². The highest BCUT2D eigenvalue weighted by molar-refractivity contribution is 5.94. The summed E-state index contributed by atoms with van der Waals surface area (Å²) < 4.78 is 0. The van der Waals surface area contributed by atoms with Crippen molar-refractivity contribution in [1.29, 1.82) is 0 Å². The summed E-state index contributed by atoms with van der Waals surface area (Å²) >= 11 is 0. The number of carbonyl (C=O) groups excluding carboxylic acids is 1. The predicted molar refractivity (Wildman–Crippen MR) is 67.5 cm³/mol. The number of benzene rings is 1. The molecular formula is C14H17NO. The molecule has 2 nitrogen and oxygen atoms in total. The zero-order valence-electron chi connectivity index (χ0n) is 9.79. The van der Waals surface area contributed by atoms with Crippen LogP contribution < -0.4 is 5.32 Å². The van der Waals surface area contributed by atoms with Crippen LogP contribution in [0.3, 0.4) is 0 Å². The highest BCUT2D eigenvalue weighted by Crippen LogP contribution is 2.03. The van der Waals surface area contributed by atoms with Gasteiger partial charge < -0.3 is 5.32 Å². The number of aryl methyl sites for hydroxylation is 1. The maximum absolute atomic E-state index is 11.7. The van der Waals surface area contributed by atoms with E-state index in [1.54, 1.807) is 6.08 Å². The van der Waals surface area contributed by atoms with E-state index in [4.69, 9.17) is 0 Å². The first kappa shape index (κ1) is 12.2. The first-order valence-corrected chi connectivity index (χ1v) is 5.30. The maximum atomic E-state index is 11.7. The van der Waals surface area contributed by atoms with Gasteiger partial charge in [-0.15, -0.1) is 0 Å². The molecule has 0 heterocycles. The minimum absolute atomic E-state index is 0.0544. The lowest BCUT2D eigenvalue weighted by molar-refractivity contribution is 0.0957. The van der Waals surface area contributed by atoms with E-state index in [-0.39, 0.29) is 5.91 Å². The molecule has 1 aromatic rings. The minimum atomic E-state index is -0.0544. The highest BCUT2D eigenvalue weighted by atomic mass is 16.1. The highest BCUT2D eigenvalue weighted by Gasteiger charge is 2.03. The van der Waals surface area contributed by atoms with Crippen LogP contribution in [0.2, 0.25) is 0 Å². The number of amides is 1. The van der Waals surface area contributed by atoms with Crippen LogP contribution in [0, 0.1) is 6.92 Å². The number of rotatable bonds is 4. The summed E-state index contributed by atoms with van der Waals surface area (Å²) in [7, 11) is 0. The van der Waals surface area contributed by atoms with E-state index < -0.39 is 0 Å². The van der Waals surface area contributed by atoms with E-state index in [1.165, 1.54) is 0 Å². The Labute approximate surface area is 96.7 Å². The van der Waals surface area contributed by atoms with E-state index in [2.05, 4.69) is 11.9 Å². The van der Waals surface area contributed by atoms with Gasteiger partial charge in [0.2, 0.25) is 0 Å². The molecule has 0 bridgehead atoms. The lowest BCUT2D eigenvalue weighted by atomic mass is 10.1. The summed E-state index contributed by atoms with van der Waals surface area (Å²) in [6, 6.07) is 7.51. The fourth-order valence-electron chi connectivity index (χ4n) is 1.28. The van der Waals surface area contributed by atoms with Crippen LogP contribution >= 0.6 is 0 Å². The standard InChI is InChI=1S/C14H17NO/c1-4-12(5-2)10-15-14(16)13-8-6-11(3)7-9-13/h4-9H,1,10H2,2-3H3,(H,15,16)/b12-5+. The first-order valence-electron chi connectivity index (χ1n) is 5.30. The average molecular weight is 215 g/mol. The summed E-state index contributed by atoms with van der Waals surface area (Å²) in [5, 5.41) is 2.84. The molecule has 1 N–H and O–H groups in total. The maximum Gasteiger partial charge on any atom is 0.251 e. The van der Waals surface area contributed by atoms with Crippen molar-refractivity contribution in [1.82, 2.24) is 5.32 Å². The smallest absolute Gasteiger partial charge is 0.251 e. The molecule has 84 valence electrons. The van der Waals surface area contributed by atoms with Crippen molar-refractivity contribution < 1.29 is 4.79 Å². The second-order valence-corrected chi connectivity index (χ2v) is 3.62. The molecule has 0 atom stereocenters. The number of carbonyl (C=O) groups is 1. The molecule has 0 radical (unpaired) electrons. The van der Waals surface area contributed by atoms with E-state index >= 15 is 0 Å². The molecule has 0 saturated heterocycles. The first-order chi connectivity index (χ1) is 7.67. The fraction of sp³-hybridized carbons (Fsp3) is 0.214. The van der Waals surface area contributed by atoms with Gasteiger partial charge in [0, 0.05) is 12.1 Å². The van der Waals surface area contributed by atoms with Crippen molar-refractivity contribution in [2.45, 2.75) is 13.8 Å². The number of hydrogen-bond acceptors (Lipinski definition) is 1. The molecule has 0 spiro atoms. The van der Waals surface area contributed by atoms with Gasteiger partial charge in [-0.3, -0.25) is 4.79 Å². The molecule has 0 fully saturated rings. The minimum Gasteiger partial charge on any atom is -0.348 e. The van der Waals surface area contributed by atoms with Crippen molar-refractivity contribution >= 4 is 5.91 Å². The molecule has 0 saturated carbocycles. The van der Waals surface area contributed by atoms with Crippen LogP contribution in [0.5, 0.6) is 0 Å². The lowest BCUT2D eigenvalue weighted by Gasteiger charge is -2.05. The van der Waals surface area contributed by atoms with Gasteiger partial charge in [0.1, 0.15) is 0 Å². The normalized spacial score (nSPS) is 11.0. The zero-order chi connectivity index (χ0) is 12.0. The van der Waals surface area contributed by atoms with Gasteiger partial charge >= 0.3 is 0 Å². The van der Waals surface area contributed by atoms with Crippen LogP contribution in [0.4, 0.5) is 0 Å². The lowest BCUT2D eigenvalue weighted by Crippen LogP contribution is -2.25. The largest absolute Gasteiger partial charge is 0.348 e. The summed E-state index contributed by atoms with van der Waals surface area (Å²) in [5.41, 5.74) is 2.85. The number of hydrogen-bond donors (Lipinski definition) is 1. The Morgan fingerprint density at radius 2 is 2.00 bits per heavy atom. The number of nitrogens with one attached hydrogen (secondary N) is 1. The Kier molecular flexibility index (Phi) is 4.52. The SMILES string of the molecule is C=C/C(=C\C)CNC(=O)c1ccc(C)cc1. The van der Waals surface area contributed by atoms with Crippen molar-refractivity contribution in [2.24, 2.45) is 0 Å². The molecule has 1 amide bonds. The Morgan fingerprint density at radius 1 is 1.38 bits per heavy atom. The summed E-state index contributed by atoms with van der Waals surface area (Å²) in [6.07, 6.45) is 3.68. The summed E-state index contributed by atoms with van der Waals surface area (Å²) in [5.74, 6) is -0.0544. The van der Waals surface area contributed by atoms with Gasteiger partial charge in [-0.05, 0) is 31.6 Å². The van der Waals surface area contributed by atoms with Gasteiger partial charge in [-0.1, -0.05) is 36.4 Å². The van der Waals surface area contributed by atoms with Crippen molar-refractivity contribution in [3.05, 3.63) is 59.7 Å². The fourth-order valence-corrected chi connectivity index (χ4v) is 1.28. The van der Waals surface area contributed by atoms with Gasteiger partial charge in [0.25, 0.3) is 5.91 Å². The van der Waals surface area contributed by atoms with Crippen LogP contribution in [-0.4, -0.2) is 12.5 Å². The number of allylic oxidation sites excluding steroid dienone is 1. The van der Waals surface area contributed by atoms with Gasteiger partial charge in [0.15, 0.2) is 0 Å². The quantitative estimate of drug-likeness (QED) is 0.769. The van der Waals surface area contributed by atoms with Crippen molar-refractivity contribution in [3.63, 3.8) is 0 Å². The molecule has 16 heavy (non-hydrogen) atoms.